The van der Waals surface area contributed by atoms with E-state index in [0.717, 1.165) is 16.1 Å². The van der Waals surface area contributed by atoms with Gasteiger partial charge in [-0.1, -0.05) is 6.07 Å². The van der Waals surface area contributed by atoms with Gasteiger partial charge in [0.25, 0.3) is 0 Å². The number of aliphatic hydroxyl groups excluding tert-OH is 1. The molecule has 3 N–H and O–H groups in total. The smallest absolute Gasteiger partial charge is 0.225 e. The number of carbonyl (C=O) groups is 1. The van der Waals surface area contributed by atoms with Crippen LogP contribution in [0.5, 0.6) is 0 Å². The number of aryl methyl sites for hydroxylation is 1. The maximum absolute atomic E-state index is 13.2. The van der Waals surface area contributed by atoms with Crippen LogP contribution in [0, 0.1) is 16.7 Å². The molecule has 2 rings (SSSR count). The van der Waals surface area contributed by atoms with Crippen LogP contribution >= 0.6 is 23.6 Å². The molecule has 0 bridgehead atoms. The summed E-state index contributed by atoms with van der Waals surface area (Å²) in [6, 6.07) is 4.41. The molecule has 1 heterocycles. The molecular formula is C14H15FN2O2S2. The summed E-state index contributed by atoms with van der Waals surface area (Å²) in [4.78, 5) is 15.8. The first-order valence-corrected chi connectivity index (χ1v) is 7.55. The quantitative estimate of drug-likeness (QED) is 0.740. The number of aromatic amines is 1. The van der Waals surface area contributed by atoms with Crippen LogP contribution in [-0.4, -0.2) is 16.0 Å². The molecule has 0 aliphatic carbocycles. The minimum atomic E-state index is -0.449. The average molecular weight is 326 g/mol. The van der Waals surface area contributed by atoms with E-state index in [-0.39, 0.29) is 24.5 Å². The van der Waals surface area contributed by atoms with Gasteiger partial charge in [0.1, 0.15) is 5.82 Å². The molecule has 2 aromatic rings. The van der Waals surface area contributed by atoms with Crippen molar-refractivity contribution in [3.05, 3.63) is 49.7 Å². The van der Waals surface area contributed by atoms with Gasteiger partial charge in [-0.25, -0.2) is 4.39 Å². The zero-order valence-corrected chi connectivity index (χ0v) is 13.0. The molecule has 4 nitrogen and oxygen atoms in total. The summed E-state index contributed by atoms with van der Waals surface area (Å²) in [6.07, 6.45) is 0.262. The Kier molecular flexibility index (Phi) is 5.22. The third-order valence-corrected chi connectivity index (χ3v) is 4.35. The van der Waals surface area contributed by atoms with E-state index in [1.807, 2.05) is 6.92 Å². The zero-order valence-electron chi connectivity index (χ0n) is 11.4. The van der Waals surface area contributed by atoms with Crippen molar-refractivity contribution in [3.63, 3.8) is 0 Å². The van der Waals surface area contributed by atoms with Gasteiger partial charge in [0, 0.05) is 22.7 Å². The van der Waals surface area contributed by atoms with Crippen molar-refractivity contribution >= 4 is 29.5 Å². The normalized spacial score (nSPS) is 10.6. The predicted octanol–water partition coefficient (Wildman–Crippen LogP) is 2.60. The zero-order chi connectivity index (χ0) is 15.4. The summed E-state index contributed by atoms with van der Waals surface area (Å²) >= 11 is 6.41. The molecule has 0 atom stereocenters. The fraction of sp³-hybridized carbons (Fsp3) is 0.286. The van der Waals surface area contributed by atoms with Gasteiger partial charge in [-0.05, 0) is 36.8 Å². The maximum atomic E-state index is 13.2. The molecule has 1 amide bonds. The molecule has 0 unspecified atom stereocenters. The Hall–Kier alpha value is -1.57. The highest BCUT2D eigenvalue weighted by Gasteiger charge is 2.09. The molecule has 21 heavy (non-hydrogen) atoms. The minimum absolute atomic E-state index is 0.127. The first-order chi connectivity index (χ1) is 9.99. The topological polar surface area (TPSA) is 65.1 Å². The summed E-state index contributed by atoms with van der Waals surface area (Å²) in [5.41, 5.74) is 1.87. The molecule has 1 aromatic heterocycles. The highest BCUT2D eigenvalue weighted by Crippen LogP contribution is 2.15. The van der Waals surface area contributed by atoms with Gasteiger partial charge in [0.15, 0.2) is 3.95 Å². The molecule has 0 radical (unpaired) electrons. The van der Waals surface area contributed by atoms with Crippen LogP contribution < -0.4 is 5.32 Å². The largest absolute Gasteiger partial charge is 0.392 e. The van der Waals surface area contributed by atoms with Crippen LogP contribution in [-0.2, 0) is 24.4 Å². The number of H-pyrrole nitrogens is 1. The van der Waals surface area contributed by atoms with Crippen LogP contribution in [0.15, 0.2) is 18.2 Å². The summed E-state index contributed by atoms with van der Waals surface area (Å²) in [7, 11) is 0. The van der Waals surface area contributed by atoms with E-state index in [0.29, 0.717) is 10.5 Å². The summed E-state index contributed by atoms with van der Waals surface area (Å²) in [5.74, 6) is -0.575. The number of hydrogen-bond donors (Lipinski definition) is 3. The fourth-order valence-electron chi connectivity index (χ4n) is 1.87. The average Bonchev–Trinajstić information content (AvgIpc) is 2.76. The van der Waals surface area contributed by atoms with Gasteiger partial charge < -0.3 is 15.4 Å². The highest BCUT2D eigenvalue weighted by molar-refractivity contribution is 7.73. The number of benzene rings is 1. The molecule has 112 valence electrons. The Balaban J connectivity index is 1.95. The maximum Gasteiger partial charge on any atom is 0.225 e. The van der Waals surface area contributed by atoms with E-state index in [4.69, 9.17) is 17.3 Å². The van der Waals surface area contributed by atoms with E-state index in [1.54, 1.807) is 12.1 Å². The number of aromatic nitrogens is 1. The summed E-state index contributed by atoms with van der Waals surface area (Å²) in [5, 5.41) is 11.8. The van der Waals surface area contributed by atoms with Gasteiger partial charge in [-0.3, -0.25) is 4.79 Å². The lowest BCUT2D eigenvalue weighted by atomic mass is 10.1. The minimum Gasteiger partial charge on any atom is -0.392 e. The Morgan fingerprint density at radius 2 is 2.29 bits per heavy atom. The summed E-state index contributed by atoms with van der Waals surface area (Å²) in [6.45, 7) is 1.81. The number of thiazole rings is 1. The van der Waals surface area contributed by atoms with Crippen LogP contribution in [0.1, 0.15) is 21.7 Å². The third-order valence-electron chi connectivity index (χ3n) is 3.01. The van der Waals surface area contributed by atoms with Crippen molar-refractivity contribution in [1.29, 1.82) is 0 Å². The van der Waals surface area contributed by atoms with Gasteiger partial charge in [-0.15, -0.1) is 11.3 Å². The number of hydrogen-bond acceptors (Lipinski definition) is 4. The van der Waals surface area contributed by atoms with Crippen molar-refractivity contribution < 1.29 is 14.3 Å². The van der Waals surface area contributed by atoms with Gasteiger partial charge >= 0.3 is 0 Å². The number of nitrogens with one attached hydrogen (secondary N) is 2. The second-order valence-corrected chi connectivity index (χ2v) is 6.37. The van der Waals surface area contributed by atoms with E-state index < -0.39 is 5.82 Å². The number of halogens is 1. The lowest BCUT2D eigenvalue weighted by Crippen LogP contribution is -2.24. The van der Waals surface area contributed by atoms with E-state index in [1.165, 1.54) is 17.4 Å². The first kappa shape index (κ1) is 15.8. The van der Waals surface area contributed by atoms with Crippen molar-refractivity contribution in [2.75, 3.05) is 0 Å². The molecular weight excluding hydrogens is 311 g/mol. The molecule has 0 saturated carbocycles. The van der Waals surface area contributed by atoms with E-state index in [2.05, 4.69) is 10.3 Å². The van der Waals surface area contributed by atoms with Crippen molar-refractivity contribution in [3.8, 4) is 0 Å². The summed E-state index contributed by atoms with van der Waals surface area (Å²) < 4.78 is 13.9. The number of rotatable bonds is 5. The first-order valence-electron chi connectivity index (χ1n) is 6.33. The number of amides is 1. The van der Waals surface area contributed by atoms with E-state index in [9.17, 15) is 9.18 Å². The van der Waals surface area contributed by atoms with Gasteiger partial charge in [0.05, 0.1) is 13.0 Å². The highest BCUT2D eigenvalue weighted by atomic mass is 32.1. The predicted molar refractivity (Wildman–Crippen MR) is 82.1 cm³/mol. The molecule has 0 spiro atoms. The Labute approximate surface area is 130 Å². The monoisotopic (exact) mass is 326 g/mol. The molecule has 0 saturated heterocycles. The van der Waals surface area contributed by atoms with Crippen molar-refractivity contribution in [2.24, 2.45) is 0 Å². The van der Waals surface area contributed by atoms with Crippen LogP contribution in [0.3, 0.4) is 0 Å². The molecule has 0 fully saturated rings. The number of aliphatic hydroxyl groups is 1. The SMILES string of the molecule is Cc1[nH]c(=S)sc1CC(=O)NCc1ccc(F)c(CO)c1. The van der Waals surface area contributed by atoms with Crippen LogP contribution in [0.25, 0.3) is 0 Å². The van der Waals surface area contributed by atoms with E-state index >= 15 is 0 Å². The standard InChI is InChI=1S/C14H15FN2O2S2/c1-8-12(21-14(20)17-8)5-13(19)16-6-9-2-3-11(15)10(4-9)7-18/h2-4,18H,5-7H2,1H3,(H,16,19)(H,17,20). The Morgan fingerprint density at radius 1 is 1.52 bits per heavy atom. The molecule has 1 aromatic carbocycles. The lowest BCUT2D eigenvalue weighted by Gasteiger charge is -2.07. The Bertz CT molecular complexity index is 709. The molecule has 7 heteroatoms. The Morgan fingerprint density at radius 3 is 2.90 bits per heavy atom. The van der Waals surface area contributed by atoms with Crippen LogP contribution in [0.2, 0.25) is 0 Å². The fourth-order valence-corrected chi connectivity index (χ4v) is 3.16. The second-order valence-electron chi connectivity index (χ2n) is 4.60. The third kappa shape index (κ3) is 4.20. The van der Waals surface area contributed by atoms with Crippen molar-refractivity contribution in [1.82, 2.24) is 10.3 Å². The molecule has 0 aliphatic heterocycles. The molecule has 0 aliphatic rings. The number of carbonyl (C=O) groups excluding carboxylic acids is 1. The lowest BCUT2D eigenvalue weighted by molar-refractivity contribution is -0.120. The van der Waals surface area contributed by atoms with Crippen molar-refractivity contribution in [2.45, 2.75) is 26.5 Å². The second kappa shape index (κ2) is 6.93. The van der Waals surface area contributed by atoms with Gasteiger partial charge in [-0.2, -0.15) is 0 Å². The van der Waals surface area contributed by atoms with Gasteiger partial charge in [0.2, 0.25) is 5.91 Å². The van der Waals surface area contributed by atoms with Crippen LogP contribution in [0.4, 0.5) is 4.39 Å².